The fraction of sp³-hybridized carbons (Fsp3) is 0.400. The first-order valence-corrected chi connectivity index (χ1v) is 8.00. The van der Waals surface area contributed by atoms with E-state index in [0.29, 0.717) is 5.95 Å². The molecule has 21 heavy (non-hydrogen) atoms. The second-order valence-electron chi connectivity index (χ2n) is 4.73. The molecule has 2 aromatic rings. The minimum absolute atomic E-state index is 0.511. The molecule has 0 spiro atoms. The maximum absolute atomic E-state index is 4.57. The lowest BCUT2D eigenvalue weighted by Gasteiger charge is -2.22. The maximum atomic E-state index is 4.57. The Hall–Kier alpha value is -1.69. The lowest BCUT2D eigenvalue weighted by atomic mass is 10.3. The average molecular weight is 350 g/mol. The number of hydrogen-bond acceptors (Lipinski definition) is 5. The third kappa shape index (κ3) is 4.39. The second-order valence-corrected chi connectivity index (χ2v) is 5.58. The van der Waals surface area contributed by atoms with Crippen molar-refractivity contribution in [2.45, 2.75) is 26.7 Å². The van der Waals surface area contributed by atoms with Gasteiger partial charge < -0.3 is 10.2 Å². The summed E-state index contributed by atoms with van der Waals surface area (Å²) in [6, 6.07) is 7.87. The van der Waals surface area contributed by atoms with Gasteiger partial charge in [0.1, 0.15) is 0 Å². The molecule has 0 aliphatic heterocycles. The summed E-state index contributed by atoms with van der Waals surface area (Å²) in [6.45, 7) is 6.27. The minimum Gasteiger partial charge on any atom is -0.355 e. The molecule has 0 unspecified atom stereocenters. The number of nitrogens with one attached hydrogen (secondary N) is 1. The van der Waals surface area contributed by atoms with Crippen molar-refractivity contribution < 1.29 is 0 Å². The first-order chi connectivity index (χ1) is 10.2. The summed E-state index contributed by atoms with van der Waals surface area (Å²) in [7, 11) is 0. The average Bonchev–Trinajstić information content (AvgIpc) is 2.50. The molecular weight excluding hydrogens is 330 g/mol. The molecule has 0 bridgehead atoms. The molecule has 1 heterocycles. The van der Waals surface area contributed by atoms with E-state index >= 15 is 0 Å². The van der Waals surface area contributed by atoms with Gasteiger partial charge in [-0.1, -0.05) is 26.0 Å². The molecule has 6 heteroatoms. The summed E-state index contributed by atoms with van der Waals surface area (Å²) in [5.74, 6) is 1.37. The van der Waals surface area contributed by atoms with Gasteiger partial charge in [0, 0.05) is 17.6 Å². The normalized spacial score (nSPS) is 10.4. The van der Waals surface area contributed by atoms with Crippen LogP contribution in [0, 0.1) is 0 Å². The Labute approximate surface area is 133 Å². The molecule has 0 saturated carbocycles. The Bertz CT molecular complexity index is 569. The smallest absolute Gasteiger partial charge is 0.249 e. The van der Waals surface area contributed by atoms with Crippen LogP contribution in [0.15, 0.2) is 34.9 Å². The minimum atomic E-state index is 0.511. The summed E-state index contributed by atoms with van der Waals surface area (Å²) in [5.41, 5.74) is 0.925. The fourth-order valence-electron chi connectivity index (χ4n) is 2.06. The zero-order valence-corrected chi connectivity index (χ0v) is 14.0. The Morgan fingerprint density at radius 3 is 2.52 bits per heavy atom. The summed E-state index contributed by atoms with van der Waals surface area (Å²) in [6.07, 6.45) is 3.88. The second kappa shape index (κ2) is 7.93. The summed E-state index contributed by atoms with van der Waals surface area (Å²) < 4.78 is 0.970. The Balaban J connectivity index is 2.18. The third-order valence-corrected chi connectivity index (χ3v) is 3.67. The summed E-state index contributed by atoms with van der Waals surface area (Å²) in [4.78, 5) is 6.80. The molecule has 2 rings (SSSR count). The zero-order valence-electron chi connectivity index (χ0n) is 12.4. The van der Waals surface area contributed by atoms with Crippen molar-refractivity contribution in [1.29, 1.82) is 0 Å². The largest absolute Gasteiger partial charge is 0.355 e. The van der Waals surface area contributed by atoms with Crippen LogP contribution in [0.2, 0.25) is 0 Å². The monoisotopic (exact) mass is 349 g/mol. The van der Waals surface area contributed by atoms with Crippen molar-refractivity contribution in [2.75, 3.05) is 23.3 Å². The van der Waals surface area contributed by atoms with Crippen LogP contribution in [0.1, 0.15) is 26.7 Å². The van der Waals surface area contributed by atoms with E-state index in [1.54, 1.807) is 6.20 Å². The van der Waals surface area contributed by atoms with Crippen LogP contribution in [-0.2, 0) is 0 Å². The van der Waals surface area contributed by atoms with E-state index in [9.17, 15) is 0 Å². The van der Waals surface area contributed by atoms with E-state index in [4.69, 9.17) is 0 Å². The third-order valence-electron chi connectivity index (χ3n) is 2.98. The molecule has 1 aromatic heterocycles. The van der Waals surface area contributed by atoms with E-state index in [0.717, 1.165) is 41.9 Å². The van der Waals surface area contributed by atoms with Crippen LogP contribution >= 0.6 is 15.9 Å². The van der Waals surface area contributed by atoms with Gasteiger partial charge >= 0.3 is 0 Å². The van der Waals surface area contributed by atoms with Crippen molar-refractivity contribution >= 4 is 33.4 Å². The number of nitrogens with zero attached hydrogens (tertiary/aromatic N) is 4. The predicted molar refractivity (Wildman–Crippen MR) is 90.0 cm³/mol. The standard InChI is InChI=1S/C15H20BrN5/c1-3-9-21(10-4-2)14-11-17-20-15(19-14)18-13-8-6-5-7-12(13)16/h5-8,11H,3-4,9-10H2,1-2H3,(H,18,19,20). The molecule has 0 fully saturated rings. The van der Waals surface area contributed by atoms with Crippen molar-refractivity contribution in [3.8, 4) is 0 Å². The van der Waals surface area contributed by atoms with Gasteiger partial charge in [0.2, 0.25) is 5.95 Å². The van der Waals surface area contributed by atoms with E-state index < -0.39 is 0 Å². The topological polar surface area (TPSA) is 53.9 Å². The quantitative estimate of drug-likeness (QED) is 0.818. The number of hydrogen-bond donors (Lipinski definition) is 1. The van der Waals surface area contributed by atoms with Crippen LogP contribution in [0.25, 0.3) is 0 Å². The first-order valence-electron chi connectivity index (χ1n) is 7.20. The Morgan fingerprint density at radius 1 is 1.14 bits per heavy atom. The molecule has 1 N–H and O–H groups in total. The zero-order chi connectivity index (χ0) is 15.1. The molecule has 5 nitrogen and oxygen atoms in total. The number of anilines is 3. The molecule has 0 saturated heterocycles. The molecular formula is C15H20BrN5. The summed E-state index contributed by atoms with van der Waals surface area (Å²) in [5, 5.41) is 11.3. The van der Waals surface area contributed by atoms with Crippen LogP contribution in [0.3, 0.4) is 0 Å². The lowest BCUT2D eigenvalue weighted by molar-refractivity contribution is 0.728. The number of benzene rings is 1. The molecule has 0 atom stereocenters. The van der Waals surface area contributed by atoms with Crippen LogP contribution in [-0.4, -0.2) is 28.3 Å². The van der Waals surface area contributed by atoms with Gasteiger partial charge in [-0.15, -0.1) is 5.10 Å². The molecule has 1 aromatic carbocycles. The van der Waals surface area contributed by atoms with Gasteiger partial charge in [-0.25, -0.2) is 0 Å². The maximum Gasteiger partial charge on any atom is 0.249 e. The van der Waals surface area contributed by atoms with Crippen LogP contribution in [0.4, 0.5) is 17.5 Å². The Morgan fingerprint density at radius 2 is 1.86 bits per heavy atom. The number of para-hydroxylation sites is 1. The lowest BCUT2D eigenvalue weighted by Crippen LogP contribution is -2.26. The molecule has 0 aliphatic carbocycles. The van der Waals surface area contributed by atoms with Crippen molar-refractivity contribution in [3.05, 3.63) is 34.9 Å². The SMILES string of the molecule is CCCN(CCC)c1cnnc(Nc2ccccc2Br)n1. The van der Waals surface area contributed by atoms with E-state index in [1.807, 2.05) is 24.3 Å². The summed E-state index contributed by atoms with van der Waals surface area (Å²) >= 11 is 3.50. The van der Waals surface area contributed by atoms with Gasteiger partial charge in [0.25, 0.3) is 0 Å². The number of halogens is 1. The van der Waals surface area contributed by atoms with Crippen molar-refractivity contribution in [3.63, 3.8) is 0 Å². The van der Waals surface area contributed by atoms with E-state index in [1.165, 1.54) is 0 Å². The predicted octanol–water partition coefficient (Wildman–Crippen LogP) is 4.00. The fourth-order valence-corrected chi connectivity index (χ4v) is 2.45. The highest BCUT2D eigenvalue weighted by molar-refractivity contribution is 9.10. The van der Waals surface area contributed by atoms with Crippen LogP contribution in [0.5, 0.6) is 0 Å². The van der Waals surface area contributed by atoms with E-state index in [-0.39, 0.29) is 0 Å². The van der Waals surface area contributed by atoms with Gasteiger partial charge in [-0.05, 0) is 40.9 Å². The van der Waals surface area contributed by atoms with Crippen molar-refractivity contribution in [1.82, 2.24) is 15.2 Å². The van der Waals surface area contributed by atoms with Gasteiger partial charge in [-0.3, -0.25) is 0 Å². The van der Waals surface area contributed by atoms with Crippen molar-refractivity contribution in [2.24, 2.45) is 0 Å². The Kier molecular flexibility index (Phi) is 5.92. The van der Waals surface area contributed by atoms with Gasteiger partial charge in [0.15, 0.2) is 5.82 Å². The van der Waals surface area contributed by atoms with Crippen LogP contribution < -0.4 is 10.2 Å². The number of aromatic nitrogens is 3. The van der Waals surface area contributed by atoms with Gasteiger partial charge in [-0.2, -0.15) is 10.1 Å². The molecule has 0 radical (unpaired) electrons. The number of rotatable bonds is 7. The highest BCUT2D eigenvalue weighted by atomic mass is 79.9. The first kappa shape index (κ1) is 15.7. The van der Waals surface area contributed by atoms with E-state index in [2.05, 4.69) is 55.2 Å². The highest BCUT2D eigenvalue weighted by Crippen LogP contribution is 2.24. The highest BCUT2D eigenvalue weighted by Gasteiger charge is 2.09. The molecule has 112 valence electrons. The molecule has 0 amide bonds. The molecule has 0 aliphatic rings. The van der Waals surface area contributed by atoms with Gasteiger partial charge in [0.05, 0.1) is 11.9 Å².